The molecule has 1 unspecified atom stereocenters. The first kappa shape index (κ1) is 15.7. The Morgan fingerprint density at radius 1 is 1.58 bits per heavy atom. The van der Waals surface area contributed by atoms with E-state index in [1.165, 1.54) is 19.2 Å². The lowest BCUT2D eigenvalue weighted by Gasteiger charge is -2.24. The SMILES string of the molecule is COCC(O)CN(C)c1cc(Cl)c([N+](=O)[O-])cc1C. The number of anilines is 1. The third-order valence-electron chi connectivity index (χ3n) is 2.72. The molecular formula is C12H17ClN2O4. The van der Waals surface area contributed by atoms with E-state index in [4.69, 9.17) is 16.3 Å². The van der Waals surface area contributed by atoms with Gasteiger partial charge in [-0.3, -0.25) is 10.1 Å². The average molecular weight is 289 g/mol. The first-order chi connectivity index (χ1) is 8.86. The minimum absolute atomic E-state index is 0.0821. The Hall–Kier alpha value is -1.37. The molecule has 0 radical (unpaired) electrons. The molecule has 7 heteroatoms. The molecule has 1 rings (SSSR count). The van der Waals surface area contributed by atoms with Crippen molar-refractivity contribution in [1.82, 2.24) is 0 Å². The normalized spacial score (nSPS) is 12.3. The van der Waals surface area contributed by atoms with E-state index in [2.05, 4.69) is 0 Å². The molecule has 6 nitrogen and oxygen atoms in total. The summed E-state index contributed by atoms with van der Waals surface area (Å²) in [7, 11) is 3.29. The van der Waals surface area contributed by atoms with Crippen LogP contribution >= 0.6 is 11.6 Å². The van der Waals surface area contributed by atoms with E-state index < -0.39 is 11.0 Å². The Morgan fingerprint density at radius 3 is 2.74 bits per heavy atom. The molecule has 1 N–H and O–H groups in total. The lowest BCUT2D eigenvalue weighted by Crippen LogP contribution is -2.32. The van der Waals surface area contributed by atoms with Gasteiger partial charge in [0.15, 0.2) is 0 Å². The summed E-state index contributed by atoms with van der Waals surface area (Å²) < 4.78 is 4.85. The Bertz CT molecular complexity index is 467. The lowest BCUT2D eigenvalue weighted by atomic mass is 10.1. The summed E-state index contributed by atoms with van der Waals surface area (Å²) in [6, 6.07) is 2.96. The molecule has 0 heterocycles. The maximum absolute atomic E-state index is 10.8. The second-order valence-corrected chi connectivity index (χ2v) is 4.74. The fraction of sp³-hybridized carbons (Fsp3) is 0.500. The number of nitro groups is 1. The first-order valence-electron chi connectivity index (χ1n) is 5.69. The summed E-state index contributed by atoms with van der Waals surface area (Å²) in [5.41, 5.74) is 1.35. The standard InChI is InChI=1S/C12H17ClN2O4/c1-8-4-12(15(17)18)10(13)5-11(8)14(2)6-9(16)7-19-3/h4-5,9,16H,6-7H2,1-3H3. The number of methoxy groups -OCH3 is 1. The van der Waals surface area contributed by atoms with Gasteiger partial charge in [-0.15, -0.1) is 0 Å². The smallest absolute Gasteiger partial charge is 0.288 e. The van der Waals surface area contributed by atoms with Crippen molar-refractivity contribution in [3.8, 4) is 0 Å². The lowest BCUT2D eigenvalue weighted by molar-refractivity contribution is -0.384. The van der Waals surface area contributed by atoms with Crippen molar-refractivity contribution in [1.29, 1.82) is 0 Å². The summed E-state index contributed by atoms with van der Waals surface area (Å²) in [5, 5.41) is 20.5. The number of hydrogen-bond acceptors (Lipinski definition) is 5. The van der Waals surface area contributed by atoms with E-state index in [-0.39, 0.29) is 17.3 Å². The summed E-state index contributed by atoms with van der Waals surface area (Å²) in [6.07, 6.45) is -0.636. The number of aryl methyl sites for hydroxylation is 1. The molecule has 0 saturated heterocycles. The van der Waals surface area contributed by atoms with Gasteiger partial charge in [0, 0.05) is 32.5 Å². The number of halogens is 1. The predicted molar refractivity (Wildman–Crippen MR) is 74.0 cm³/mol. The van der Waals surface area contributed by atoms with E-state index in [9.17, 15) is 15.2 Å². The third kappa shape index (κ3) is 4.05. The van der Waals surface area contributed by atoms with E-state index >= 15 is 0 Å². The zero-order chi connectivity index (χ0) is 14.6. The monoisotopic (exact) mass is 288 g/mol. The molecule has 0 aliphatic rings. The van der Waals surface area contributed by atoms with Gasteiger partial charge in [0.05, 0.1) is 17.6 Å². The Balaban J connectivity index is 2.95. The van der Waals surface area contributed by atoms with E-state index in [0.717, 1.165) is 11.3 Å². The van der Waals surface area contributed by atoms with Crippen LogP contribution in [-0.4, -0.2) is 43.4 Å². The number of nitro benzene ring substituents is 1. The van der Waals surface area contributed by atoms with E-state index in [1.54, 1.807) is 18.9 Å². The van der Waals surface area contributed by atoms with Crippen LogP contribution in [0.1, 0.15) is 5.56 Å². The van der Waals surface area contributed by atoms with E-state index in [0.29, 0.717) is 6.54 Å². The average Bonchev–Trinajstić information content (AvgIpc) is 2.31. The molecule has 0 aliphatic carbocycles. The third-order valence-corrected chi connectivity index (χ3v) is 3.02. The second kappa shape index (κ2) is 6.70. The van der Waals surface area contributed by atoms with Crippen LogP contribution in [0.4, 0.5) is 11.4 Å². The van der Waals surface area contributed by atoms with Crippen LogP contribution in [0.15, 0.2) is 12.1 Å². The quantitative estimate of drug-likeness (QED) is 0.640. The van der Waals surface area contributed by atoms with Crippen LogP contribution in [0, 0.1) is 17.0 Å². The highest BCUT2D eigenvalue weighted by molar-refractivity contribution is 6.33. The fourth-order valence-electron chi connectivity index (χ4n) is 1.87. The molecule has 0 amide bonds. The minimum atomic E-state index is -0.636. The summed E-state index contributed by atoms with van der Waals surface area (Å²) >= 11 is 5.88. The highest BCUT2D eigenvalue weighted by Gasteiger charge is 2.18. The second-order valence-electron chi connectivity index (χ2n) is 4.34. The molecule has 0 bridgehead atoms. The molecule has 0 saturated carbocycles. The molecular weight excluding hydrogens is 272 g/mol. The number of benzene rings is 1. The van der Waals surface area contributed by atoms with Crippen LogP contribution in [0.5, 0.6) is 0 Å². The van der Waals surface area contributed by atoms with Gasteiger partial charge < -0.3 is 14.7 Å². The molecule has 106 valence electrons. The molecule has 0 aromatic heterocycles. The molecule has 0 fully saturated rings. The van der Waals surface area contributed by atoms with E-state index in [1.807, 2.05) is 0 Å². The Labute approximate surface area is 116 Å². The van der Waals surface area contributed by atoms with Crippen LogP contribution in [-0.2, 0) is 4.74 Å². The van der Waals surface area contributed by atoms with Gasteiger partial charge in [-0.05, 0) is 18.6 Å². The zero-order valence-corrected chi connectivity index (χ0v) is 11.8. The highest BCUT2D eigenvalue weighted by Crippen LogP contribution is 2.32. The number of aliphatic hydroxyl groups excluding tert-OH is 1. The van der Waals surface area contributed by atoms with Crippen LogP contribution in [0.3, 0.4) is 0 Å². The number of ether oxygens (including phenoxy) is 1. The van der Waals surface area contributed by atoms with Crippen molar-refractivity contribution in [2.24, 2.45) is 0 Å². The first-order valence-corrected chi connectivity index (χ1v) is 6.07. The number of hydrogen-bond donors (Lipinski definition) is 1. The van der Waals surface area contributed by atoms with Crippen molar-refractivity contribution in [2.75, 3.05) is 32.2 Å². The highest BCUT2D eigenvalue weighted by atomic mass is 35.5. The van der Waals surface area contributed by atoms with Crippen LogP contribution in [0.25, 0.3) is 0 Å². The van der Waals surface area contributed by atoms with Crippen LogP contribution < -0.4 is 4.90 Å². The molecule has 1 aromatic carbocycles. The molecule has 1 atom stereocenters. The van der Waals surface area contributed by atoms with Crippen molar-refractivity contribution < 1.29 is 14.8 Å². The predicted octanol–water partition coefficient (Wildman–Crippen LogP) is 2.00. The number of nitrogens with zero attached hydrogens (tertiary/aromatic N) is 2. The minimum Gasteiger partial charge on any atom is -0.389 e. The largest absolute Gasteiger partial charge is 0.389 e. The van der Waals surface area contributed by atoms with Gasteiger partial charge in [0.25, 0.3) is 5.69 Å². The van der Waals surface area contributed by atoms with Crippen LogP contribution in [0.2, 0.25) is 5.02 Å². The Morgan fingerprint density at radius 2 is 2.21 bits per heavy atom. The van der Waals surface area contributed by atoms with Gasteiger partial charge in [0.1, 0.15) is 5.02 Å². The van der Waals surface area contributed by atoms with Crippen molar-refractivity contribution in [3.05, 3.63) is 32.8 Å². The van der Waals surface area contributed by atoms with Crippen molar-refractivity contribution >= 4 is 23.0 Å². The fourth-order valence-corrected chi connectivity index (χ4v) is 2.09. The maximum Gasteiger partial charge on any atom is 0.288 e. The zero-order valence-electron chi connectivity index (χ0n) is 11.1. The molecule has 19 heavy (non-hydrogen) atoms. The summed E-state index contributed by atoms with van der Waals surface area (Å²) in [6.45, 7) is 2.34. The molecule has 0 spiro atoms. The molecule has 1 aromatic rings. The van der Waals surface area contributed by atoms with Gasteiger partial charge in [0.2, 0.25) is 0 Å². The molecule has 0 aliphatic heterocycles. The van der Waals surface area contributed by atoms with Gasteiger partial charge in [-0.2, -0.15) is 0 Å². The van der Waals surface area contributed by atoms with Gasteiger partial charge in [-0.1, -0.05) is 11.6 Å². The number of aliphatic hydroxyl groups is 1. The van der Waals surface area contributed by atoms with Crippen molar-refractivity contribution in [3.63, 3.8) is 0 Å². The van der Waals surface area contributed by atoms with Crippen molar-refractivity contribution in [2.45, 2.75) is 13.0 Å². The maximum atomic E-state index is 10.8. The number of likely N-dealkylation sites (N-methyl/N-ethyl adjacent to an activating group) is 1. The summed E-state index contributed by atoms with van der Waals surface area (Å²) in [5.74, 6) is 0. The Kier molecular flexibility index (Phi) is 5.53. The summed E-state index contributed by atoms with van der Waals surface area (Å²) in [4.78, 5) is 12.0. The van der Waals surface area contributed by atoms with Gasteiger partial charge in [-0.25, -0.2) is 0 Å². The topological polar surface area (TPSA) is 75.8 Å². The van der Waals surface area contributed by atoms with Gasteiger partial charge >= 0.3 is 0 Å². The number of rotatable bonds is 6.